The van der Waals surface area contributed by atoms with Gasteiger partial charge in [-0.1, -0.05) is 43.3 Å². The summed E-state index contributed by atoms with van der Waals surface area (Å²) in [5.74, 6) is 1.46. The number of hydrogen-bond acceptors (Lipinski definition) is 7. The van der Waals surface area contributed by atoms with Crippen LogP contribution in [0, 0.1) is 11.7 Å². The van der Waals surface area contributed by atoms with E-state index in [4.69, 9.17) is 9.47 Å². The lowest BCUT2D eigenvalue weighted by Crippen LogP contribution is -2.32. The van der Waals surface area contributed by atoms with E-state index < -0.39 is 5.82 Å². The first-order valence-corrected chi connectivity index (χ1v) is 13.7. The molecule has 8 heteroatoms. The molecule has 0 radical (unpaired) electrons. The van der Waals surface area contributed by atoms with Gasteiger partial charge < -0.3 is 19.7 Å². The number of piperidine rings is 1. The molecule has 208 valence electrons. The van der Waals surface area contributed by atoms with Crippen LogP contribution in [0.1, 0.15) is 36.8 Å². The van der Waals surface area contributed by atoms with Crippen molar-refractivity contribution < 1.29 is 18.7 Å². The van der Waals surface area contributed by atoms with Crippen molar-refractivity contribution in [3.8, 4) is 11.5 Å². The summed E-state index contributed by atoms with van der Waals surface area (Å²) in [6, 6.07) is 18.1. The second kappa shape index (κ2) is 12.4. The van der Waals surface area contributed by atoms with Crippen LogP contribution in [-0.2, 0) is 11.2 Å². The first kappa shape index (κ1) is 27.5. The first-order valence-electron chi connectivity index (χ1n) is 13.7. The van der Waals surface area contributed by atoms with Crippen LogP contribution in [-0.4, -0.2) is 54.5 Å². The predicted octanol–water partition coefficient (Wildman–Crippen LogP) is 6.16. The number of halogens is 1. The smallest absolute Gasteiger partial charge is 0.163 e. The summed E-state index contributed by atoms with van der Waals surface area (Å²) in [6.07, 6.45) is 3.80. The molecule has 1 aromatic heterocycles. The number of carbonyl (C=O) groups is 1. The number of benzene rings is 3. The Labute approximate surface area is 234 Å². The van der Waals surface area contributed by atoms with E-state index in [0.717, 1.165) is 31.5 Å². The van der Waals surface area contributed by atoms with E-state index in [1.165, 1.54) is 12.4 Å². The molecular weight excluding hydrogens is 507 g/mol. The second-order valence-corrected chi connectivity index (χ2v) is 10.5. The number of hydrogen-bond donors (Lipinski definition) is 1. The zero-order valence-corrected chi connectivity index (χ0v) is 23.2. The molecule has 0 bridgehead atoms. The molecule has 5 rings (SSSR count). The van der Waals surface area contributed by atoms with E-state index in [2.05, 4.69) is 27.2 Å². The Hall–Kier alpha value is -4.04. The lowest BCUT2D eigenvalue weighted by Gasteiger charge is -2.28. The zero-order valence-electron chi connectivity index (χ0n) is 23.2. The number of rotatable bonds is 10. The van der Waals surface area contributed by atoms with Crippen molar-refractivity contribution in [3.63, 3.8) is 0 Å². The molecule has 40 heavy (non-hydrogen) atoms. The number of likely N-dealkylation sites (tertiary alicyclic amines) is 1. The lowest BCUT2D eigenvalue weighted by atomic mass is 9.93. The van der Waals surface area contributed by atoms with Crippen molar-refractivity contribution in [2.45, 2.75) is 32.1 Å². The monoisotopic (exact) mass is 542 g/mol. The van der Waals surface area contributed by atoms with E-state index in [0.29, 0.717) is 46.3 Å². The molecule has 0 amide bonds. The lowest BCUT2D eigenvalue weighted by molar-refractivity contribution is -0.119. The van der Waals surface area contributed by atoms with Crippen LogP contribution < -0.4 is 14.8 Å². The van der Waals surface area contributed by atoms with Crippen LogP contribution in [0.5, 0.6) is 11.5 Å². The van der Waals surface area contributed by atoms with Gasteiger partial charge in [-0.05, 0) is 68.2 Å². The minimum Gasteiger partial charge on any atom is -0.493 e. The third kappa shape index (κ3) is 6.39. The highest BCUT2D eigenvalue weighted by atomic mass is 19.1. The maximum atomic E-state index is 15.2. The minimum absolute atomic E-state index is 0.0362. The number of ketones is 1. The van der Waals surface area contributed by atoms with Crippen LogP contribution in [0.15, 0.2) is 67.0 Å². The van der Waals surface area contributed by atoms with Crippen molar-refractivity contribution in [1.29, 1.82) is 0 Å². The number of fused-ring (bicyclic) bond motifs is 1. The van der Waals surface area contributed by atoms with Crippen molar-refractivity contribution in [2.75, 3.05) is 39.2 Å². The summed E-state index contributed by atoms with van der Waals surface area (Å²) in [5.41, 5.74) is 2.49. The number of ether oxygens (including phenoxy) is 2. The van der Waals surface area contributed by atoms with Gasteiger partial charge in [-0.2, -0.15) is 0 Å². The molecule has 1 N–H and O–H groups in total. The largest absolute Gasteiger partial charge is 0.493 e. The van der Waals surface area contributed by atoms with Gasteiger partial charge in [-0.25, -0.2) is 14.4 Å². The zero-order chi connectivity index (χ0) is 28.1. The number of anilines is 2. The van der Waals surface area contributed by atoms with Crippen LogP contribution in [0.3, 0.4) is 0 Å². The number of methoxy groups -OCH3 is 1. The fourth-order valence-corrected chi connectivity index (χ4v) is 5.05. The van der Waals surface area contributed by atoms with Gasteiger partial charge >= 0.3 is 0 Å². The highest BCUT2D eigenvalue weighted by molar-refractivity contribution is 5.93. The van der Waals surface area contributed by atoms with Crippen LogP contribution in [0.2, 0.25) is 0 Å². The number of carbonyl (C=O) groups excluding carboxylic acids is 1. The van der Waals surface area contributed by atoms with E-state index in [1.807, 2.05) is 49.4 Å². The second-order valence-electron chi connectivity index (χ2n) is 10.5. The molecule has 1 atom stereocenters. The van der Waals surface area contributed by atoms with Crippen molar-refractivity contribution in [3.05, 3.63) is 83.9 Å². The SMILES string of the molecule is COc1cc2c(Nc3ccc(CC(=O)C(C)c4ccccc4)cc3F)ncnc2cc1OCC1CCN(C)CC1. The number of Topliss-reactive ketones (excluding diaryl/α,β-unsaturated/α-hetero) is 1. The summed E-state index contributed by atoms with van der Waals surface area (Å²) in [6.45, 7) is 4.65. The Morgan fingerprint density at radius 1 is 1.07 bits per heavy atom. The highest BCUT2D eigenvalue weighted by Crippen LogP contribution is 2.36. The van der Waals surface area contributed by atoms with Gasteiger partial charge in [0.05, 0.1) is 24.9 Å². The molecule has 1 aliphatic rings. The average Bonchev–Trinajstić information content (AvgIpc) is 2.98. The van der Waals surface area contributed by atoms with E-state index in [9.17, 15) is 4.79 Å². The molecule has 7 nitrogen and oxygen atoms in total. The van der Waals surface area contributed by atoms with Crippen molar-refractivity contribution >= 4 is 28.2 Å². The van der Waals surface area contributed by atoms with Gasteiger partial charge in [-0.3, -0.25) is 4.79 Å². The van der Waals surface area contributed by atoms with Crippen molar-refractivity contribution in [1.82, 2.24) is 14.9 Å². The van der Waals surface area contributed by atoms with Crippen molar-refractivity contribution in [2.24, 2.45) is 5.92 Å². The van der Waals surface area contributed by atoms with Crippen LogP contribution in [0.4, 0.5) is 15.9 Å². The average molecular weight is 543 g/mol. The number of nitrogens with zero attached hydrogens (tertiary/aromatic N) is 3. The predicted molar refractivity (Wildman–Crippen MR) is 155 cm³/mol. The Kier molecular flexibility index (Phi) is 8.55. The Bertz CT molecular complexity index is 1470. The van der Waals surface area contributed by atoms with Gasteiger partial charge in [0.25, 0.3) is 0 Å². The summed E-state index contributed by atoms with van der Waals surface area (Å²) < 4.78 is 26.9. The number of nitrogens with one attached hydrogen (secondary N) is 1. The minimum atomic E-state index is -0.463. The van der Waals surface area contributed by atoms with E-state index in [-0.39, 0.29) is 23.8 Å². The van der Waals surface area contributed by atoms with E-state index >= 15 is 4.39 Å². The van der Waals surface area contributed by atoms with Gasteiger partial charge in [-0.15, -0.1) is 0 Å². The summed E-state index contributed by atoms with van der Waals surface area (Å²) in [4.78, 5) is 23.9. The normalized spacial score (nSPS) is 15.1. The molecule has 1 aliphatic heterocycles. The van der Waals surface area contributed by atoms with Crippen LogP contribution >= 0.6 is 0 Å². The molecule has 3 aromatic carbocycles. The highest BCUT2D eigenvalue weighted by Gasteiger charge is 2.20. The molecule has 1 saturated heterocycles. The third-order valence-corrected chi connectivity index (χ3v) is 7.68. The molecule has 4 aromatic rings. The summed E-state index contributed by atoms with van der Waals surface area (Å²) in [5, 5.41) is 3.77. The Balaban J connectivity index is 1.30. The Morgan fingerprint density at radius 3 is 2.58 bits per heavy atom. The molecular formula is C32H35FN4O3. The maximum absolute atomic E-state index is 15.2. The van der Waals surface area contributed by atoms with Gasteiger partial charge in [0.15, 0.2) is 11.5 Å². The van der Waals surface area contributed by atoms with Crippen LogP contribution in [0.25, 0.3) is 10.9 Å². The molecule has 0 spiro atoms. The fourth-order valence-electron chi connectivity index (χ4n) is 5.05. The van der Waals surface area contributed by atoms with E-state index in [1.54, 1.807) is 19.2 Å². The summed E-state index contributed by atoms with van der Waals surface area (Å²) >= 11 is 0. The molecule has 0 saturated carbocycles. The number of aromatic nitrogens is 2. The van der Waals surface area contributed by atoms with Gasteiger partial charge in [0.2, 0.25) is 0 Å². The molecule has 1 unspecified atom stereocenters. The van der Waals surface area contributed by atoms with Gasteiger partial charge in [0.1, 0.15) is 23.7 Å². The molecule has 0 aliphatic carbocycles. The van der Waals surface area contributed by atoms with Gasteiger partial charge in [0, 0.05) is 23.8 Å². The standard InChI is InChI=1S/C32H35FN4O3/c1-21(24-7-5-4-6-8-24)29(38)16-23-9-10-27(26(33)15-23)36-32-25-17-30(39-3)31(18-28(25)34-20-35-32)40-19-22-11-13-37(2)14-12-22/h4-10,15,17-18,20-22H,11-14,16,19H2,1-3H3,(H,34,35,36). The third-order valence-electron chi connectivity index (χ3n) is 7.68. The molecule has 2 heterocycles. The fraction of sp³-hybridized carbons (Fsp3) is 0.344. The maximum Gasteiger partial charge on any atom is 0.163 e. The quantitative estimate of drug-likeness (QED) is 0.257. The molecule has 1 fully saturated rings. The first-order chi connectivity index (χ1) is 19.4. The topological polar surface area (TPSA) is 76.6 Å². The Morgan fingerprint density at radius 2 is 1.85 bits per heavy atom. The summed E-state index contributed by atoms with van der Waals surface area (Å²) in [7, 11) is 3.74.